The van der Waals surface area contributed by atoms with Crippen molar-refractivity contribution < 1.29 is 14.7 Å². The normalized spacial score (nSPS) is 29.3. The van der Waals surface area contributed by atoms with Gasteiger partial charge >= 0.3 is 0 Å². The molecule has 0 bridgehead atoms. The number of carbonyl (C=O) groups is 2. The lowest BCUT2D eigenvalue weighted by atomic mass is 9.51. The lowest BCUT2D eigenvalue weighted by Gasteiger charge is -2.53. The van der Waals surface area contributed by atoms with Crippen molar-refractivity contribution in [2.24, 2.45) is 22.7 Å². The molecule has 0 heterocycles. The summed E-state index contributed by atoms with van der Waals surface area (Å²) in [6.45, 7) is 9.73. The Morgan fingerprint density at radius 1 is 1.12 bits per heavy atom. The summed E-state index contributed by atoms with van der Waals surface area (Å²) in [7, 11) is 0. The molecular weight excluding hydrogens is 410 g/mol. The van der Waals surface area contributed by atoms with Crippen LogP contribution in [0.5, 0.6) is 0 Å². The van der Waals surface area contributed by atoms with Crippen molar-refractivity contribution in [3.63, 3.8) is 0 Å². The molecule has 1 fully saturated rings. The smallest absolute Gasteiger partial charge is 0.232 e. The topological polar surface area (TPSA) is 66.4 Å². The van der Waals surface area contributed by atoms with Crippen molar-refractivity contribution in [1.82, 2.24) is 5.32 Å². The zero-order chi connectivity index (χ0) is 23.8. The maximum Gasteiger partial charge on any atom is 0.232 e. The number of benzene rings is 1. The standard InChI is InChI=1S/C29H37NO3/c1-19-12-13-22-23(11-8-15-28(22,2)3)29(19,4)18-21-26(32)24(17-25(31)27(21)33)30-16-14-20-9-6-5-7-10-20/h5-7,9-10,13,17,19,23,30,32H,8,11-12,14-16,18H2,1-4H3/t19-,23?,29+/m0/s1. The van der Waals surface area contributed by atoms with E-state index < -0.39 is 11.6 Å². The van der Waals surface area contributed by atoms with Gasteiger partial charge in [0.25, 0.3) is 0 Å². The molecule has 2 N–H and O–H groups in total. The summed E-state index contributed by atoms with van der Waals surface area (Å²) in [5.74, 6) is -0.415. The van der Waals surface area contributed by atoms with Crippen LogP contribution in [0, 0.1) is 22.7 Å². The third-order valence-corrected chi connectivity index (χ3v) is 8.51. The van der Waals surface area contributed by atoms with Crippen LogP contribution in [-0.4, -0.2) is 23.2 Å². The van der Waals surface area contributed by atoms with Crippen molar-refractivity contribution in [1.29, 1.82) is 0 Å². The van der Waals surface area contributed by atoms with Gasteiger partial charge in [-0.25, -0.2) is 0 Å². The molecule has 4 rings (SSSR count). The first-order valence-electron chi connectivity index (χ1n) is 12.3. The third kappa shape index (κ3) is 4.45. The van der Waals surface area contributed by atoms with E-state index in [1.54, 1.807) is 0 Å². The molecule has 1 saturated carbocycles. The molecule has 0 radical (unpaired) electrons. The lowest BCUT2D eigenvalue weighted by Crippen LogP contribution is -2.45. The van der Waals surface area contributed by atoms with E-state index in [0.717, 1.165) is 19.3 Å². The van der Waals surface area contributed by atoms with Crippen molar-refractivity contribution in [2.45, 2.75) is 66.2 Å². The largest absolute Gasteiger partial charge is 0.505 e. The van der Waals surface area contributed by atoms with Crippen LogP contribution in [0.2, 0.25) is 0 Å². The van der Waals surface area contributed by atoms with E-state index in [9.17, 15) is 14.7 Å². The van der Waals surface area contributed by atoms with Crippen LogP contribution >= 0.6 is 0 Å². The number of Topliss-reactive ketones (excluding diaryl/α,β-unsaturated/α-hetero) is 1. The monoisotopic (exact) mass is 447 g/mol. The number of allylic oxidation sites excluding steroid dienone is 4. The zero-order valence-corrected chi connectivity index (χ0v) is 20.4. The number of hydrogen-bond donors (Lipinski definition) is 2. The van der Waals surface area contributed by atoms with Crippen LogP contribution in [0.1, 0.15) is 65.4 Å². The van der Waals surface area contributed by atoms with Crippen molar-refractivity contribution in [3.05, 3.63) is 70.6 Å². The van der Waals surface area contributed by atoms with E-state index in [1.165, 1.54) is 30.1 Å². The maximum absolute atomic E-state index is 12.9. The van der Waals surface area contributed by atoms with Crippen LogP contribution in [0.25, 0.3) is 0 Å². The molecule has 4 nitrogen and oxygen atoms in total. The van der Waals surface area contributed by atoms with Crippen LogP contribution < -0.4 is 5.32 Å². The Labute approximate surface area is 197 Å². The molecule has 0 saturated heterocycles. The number of ketones is 2. The Morgan fingerprint density at radius 3 is 2.58 bits per heavy atom. The average molecular weight is 448 g/mol. The molecule has 0 aliphatic heterocycles. The third-order valence-electron chi connectivity index (χ3n) is 8.51. The number of fused-ring (bicyclic) bond motifs is 1. The first-order chi connectivity index (χ1) is 15.6. The second kappa shape index (κ2) is 8.96. The van der Waals surface area contributed by atoms with Gasteiger partial charge in [0.15, 0.2) is 0 Å². The highest BCUT2D eigenvalue weighted by Crippen LogP contribution is 2.58. The second-order valence-corrected chi connectivity index (χ2v) is 11.0. The number of nitrogens with one attached hydrogen (secondary N) is 1. The molecule has 0 aromatic heterocycles. The molecule has 0 amide bonds. The number of carbonyl (C=O) groups excluding carboxylic acids is 2. The van der Waals surface area contributed by atoms with E-state index in [4.69, 9.17) is 0 Å². The summed E-state index contributed by atoms with van der Waals surface area (Å²) in [5.41, 5.74) is 3.32. The molecule has 3 aliphatic rings. The van der Waals surface area contributed by atoms with Crippen LogP contribution in [0.15, 0.2) is 65.1 Å². The number of aliphatic hydroxyl groups is 1. The van der Waals surface area contributed by atoms with Gasteiger partial charge in [-0.15, -0.1) is 0 Å². The minimum atomic E-state index is -0.555. The number of hydrogen-bond acceptors (Lipinski definition) is 4. The minimum Gasteiger partial charge on any atom is -0.505 e. The van der Waals surface area contributed by atoms with Gasteiger partial charge in [0.05, 0.1) is 5.70 Å². The molecule has 1 aromatic rings. The van der Waals surface area contributed by atoms with E-state index in [1.807, 2.05) is 18.2 Å². The van der Waals surface area contributed by atoms with E-state index in [-0.39, 0.29) is 22.2 Å². The fourth-order valence-electron chi connectivity index (χ4n) is 6.19. The zero-order valence-electron chi connectivity index (χ0n) is 20.4. The summed E-state index contributed by atoms with van der Waals surface area (Å²) in [4.78, 5) is 25.5. The molecule has 3 aliphatic carbocycles. The van der Waals surface area contributed by atoms with Crippen molar-refractivity contribution in [3.8, 4) is 0 Å². The molecule has 33 heavy (non-hydrogen) atoms. The highest BCUT2D eigenvalue weighted by molar-refractivity contribution is 6.48. The van der Waals surface area contributed by atoms with Gasteiger partial charge < -0.3 is 10.4 Å². The van der Waals surface area contributed by atoms with Gasteiger partial charge in [-0.05, 0) is 60.3 Å². The van der Waals surface area contributed by atoms with Gasteiger partial charge in [0, 0.05) is 18.2 Å². The summed E-state index contributed by atoms with van der Waals surface area (Å²) in [5, 5.41) is 14.3. The fourth-order valence-corrected chi connectivity index (χ4v) is 6.19. The predicted octanol–water partition coefficient (Wildman–Crippen LogP) is 5.86. The summed E-state index contributed by atoms with van der Waals surface area (Å²) in [6.07, 6.45) is 9.31. The molecule has 176 valence electrons. The predicted molar refractivity (Wildman–Crippen MR) is 132 cm³/mol. The van der Waals surface area contributed by atoms with Crippen LogP contribution in [-0.2, 0) is 16.0 Å². The summed E-state index contributed by atoms with van der Waals surface area (Å²) < 4.78 is 0. The van der Waals surface area contributed by atoms with E-state index in [0.29, 0.717) is 30.5 Å². The van der Waals surface area contributed by atoms with Crippen molar-refractivity contribution >= 4 is 11.6 Å². The Balaban J connectivity index is 1.58. The Hall–Kier alpha value is -2.62. The first-order valence-corrected chi connectivity index (χ1v) is 12.3. The maximum atomic E-state index is 12.9. The Kier molecular flexibility index (Phi) is 6.39. The van der Waals surface area contributed by atoms with Crippen molar-refractivity contribution in [2.75, 3.05) is 6.54 Å². The number of aliphatic hydroxyl groups excluding tert-OH is 1. The summed E-state index contributed by atoms with van der Waals surface area (Å²) >= 11 is 0. The fraction of sp³-hybridized carbons (Fsp3) is 0.517. The number of rotatable bonds is 6. The highest BCUT2D eigenvalue weighted by atomic mass is 16.3. The lowest BCUT2D eigenvalue weighted by molar-refractivity contribution is -0.132. The average Bonchev–Trinajstić information content (AvgIpc) is 2.78. The molecule has 1 aromatic carbocycles. The van der Waals surface area contributed by atoms with Gasteiger partial charge in [-0.2, -0.15) is 0 Å². The van der Waals surface area contributed by atoms with E-state index >= 15 is 0 Å². The van der Waals surface area contributed by atoms with Crippen LogP contribution in [0.4, 0.5) is 0 Å². The Morgan fingerprint density at radius 2 is 1.85 bits per heavy atom. The molecular formula is C29H37NO3. The SMILES string of the molecule is C[C@H]1CC=C2C(CCCC2(C)C)[C@]1(C)CC1=C(O)C(NCCc2ccccc2)=CC(=O)C1=O. The molecule has 1 unspecified atom stereocenters. The minimum absolute atomic E-state index is 0.0488. The van der Waals surface area contributed by atoms with E-state index in [2.05, 4.69) is 51.2 Å². The highest BCUT2D eigenvalue weighted by Gasteiger charge is 2.49. The molecule has 3 atom stereocenters. The van der Waals surface area contributed by atoms with Gasteiger partial charge in [-0.3, -0.25) is 9.59 Å². The van der Waals surface area contributed by atoms with Gasteiger partial charge in [0.1, 0.15) is 5.76 Å². The van der Waals surface area contributed by atoms with Gasteiger partial charge in [-0.1, -0.05) is 76.1 Å². The second-order valence-electron chi connectivity index (χ2n) is 11.0. The van der Waals surface area contributed by atoms with Crippen LogP contribution in [0.3, 0.4) is 0 Å². The quantitative estimate of drug-likeness (QED) is 0.326. The van der Waals surface area contributed by atoms with Gasteiger partial charge in [0.2, 0.25) is 11.6 Å². The Bertz CT molecular complexity index is 1030. The molecule has 4 heteroatoms. The first kappa shape index (κ1) is 23.5. The molecule has 0 spiro atoms. The summed E-state index contributed by atoms with van der Waals surface area (Å²) in [6, 6.07) is 10.1.